The van der Waals surface area contributed by atoms with Crippen LogP contribution >= 0.6 is 0 Å². The van der Waals surface area contributed by atoms with Gasteiger partial charge in [-0.3, -0.25) is 0 Å². The van der Waals surface area contributed by atoms with E-state index in [1.54, 1.807) is 0 Å². The van der Waals surface area contributed by atoms with E-state index in [0.29, 0.717) is 77.4 Å². The average Bonchev–Trinajstić information content (AvgIpc) is 1.66. The molecule has 5 atom stereocenters. The maximum atomic E-state index is 13.6. The maximum Gasteiger partial charge on any atom is 0.125 e. The lowest BCUT2D eigenvalue weighted by Gasteiger charge is -2.43. The minimum Gasteiger partial charge on any atom is -0.379 e. The zero-order valence-corrected chi connectivity index (χ0v) is 63.1. The van der Waals surface area contributed by atoms with Gasteiger partial charge >= 0.3 is 0 Å². The third-order valence-electron chi connectivity index (χ3n) is 25.4. The van der Waals surface area contributed by atoms with Crippen LogP contribution < -0.4 is 40.1 Å². The van der Waals surface area contributed by atoms with Gasteiger partial charge < -0.3 is 88.6 Å². The summed E-state index contributed by atoms with van der Waals surface area (Å²) in [6.45, 7) is 58.6. The van der Waals surface area contributed by atoms with Gasteiger partial charge in [0.15, 0.2) is 0 Å². The van der Waals surface area contributed by atoms with Crippen molar-refractivity contribution in [3.05, 3.63) is 0 Å². The van der Waals surface area contributed by atoms with Crippen molar-refractivity contribution in [1.29, 1.82) is 0 Å². The highest BCUT2D eigenvalue weighted by molar-refractivity contribution is 5.03. The molecular formula is C74H153FN14O3. The van der Waals surface area contributed by atoms with Crippen molar-refractivity contribution in [3.8, 4) is 0 Å². The normalized spacial score (nSPS) is 30.6. The molecule has 5 unspecified atom stereocenters. The van der Waals surface area contributed by atoms with Gasteiger partial charge in [0.1, 0.15) is 5.67 Å². The molecule has 0 aromatic rings. The summed E-state index contributed by atoms with van der Waals surface area (Å²) in [6.07, 6.45) is 21.1. The third kappa shape index (κ3) is 23.4. The van der Waals surface area contributed by atoms with E-state index in [0.717, 1.165) is 91.3 Å². The van der Waals surface area contributed by atoms with Crippen LogP contribution in [0.25, 0.3) is 0 Å². The molecule has 17 nitrogen and oxygen atoms in total. The van der Waals surface area contributed by atoms with Gasteiger partial charge in [-0.15, -0.1) is 0 Å². The molecule has 1 saturated carbocycles. The highest BCUT2D eigenvalue weighted by Gasteiger charge is 2.49. The molecule has 10 aliphatic heterocycles. The topological polar surface area (TPSA) is 233 Å². The first-order valence-corrected chi connectivity index (χ1v) is 38.0. The lowest BCUT2D eigenvalue weighted by Crippen LogP contribution is -2.53. The molecule has 11 rings (SSSR count). The molecule has 14 N–H and O–H groups in total. The Kier molecular flexibility index (Phi) is 33.0. The third-order valence-corrected chi connectivity index (χ3v) is 25.4. The summed E-state index contributed by atoms with van der Waals surface area (Å²) in [6, 6.07) is 5.92. The fourth-order valence-corrected chi connectivity index (χ4v) is 16.6. The van der Waals surface area contributed by atoms with E-state index in [9.17, 15) is 4.39 Å². The molecule has 18 heteroatoms. The summed E-state index contributed by atoms with van der Waals surface area (Å²) in [5.41, 5.74) is 42.5. The van der Waals surface area contributed by atoms with Gasteiger partial charge in [-0.25, -0.2) is 4.39 Å². The van der Waals surface area contributed by atoms with E-state index >= 15 is 0 Å². The molecule has 0 aromatic carbocycles. The number of halogens is 1. The largest absolute Gasteiger partial charge is 0.379 e. The standard InChI is InChI=1S/C12H24N2O.C12H24N2.2C11H22N2O.C10H22N2.C9H19FN2.C9H20N2/c1-9(2)14-6-4-12(5-7-14)8-15-10(3)11(12)13;1-10(2)14-8-6-12(7-9-14)5-3-4-11(12)13;1-9(2)13-6-4-11(5-7-13)10(12)3-8-14-11;1-9(2)13-5-3-11(4-6-13)8-14-7-10(11)12;1-9(2)12-6-4-10(3,8-11)5-7-12;1-8(2)12-5-3-9(10,7-11)4-6-12;1-8(2)11-6-4-9(3,10)5-7-11/h9-11H,4-8,13H2,1-3H3;10-11H,3-9,13H2,1-2H3;2*9-10H,3-8,12H2,1-2H3;9H,4-8,11H2,1-3H3;8H,3-7,11H2,1-2H3;8H,4-7,10H2,1-3H3. The van der Waals surface area contributed by atoms with Crippen LogP contribution in [0.15, 0.2) is 0 Å². The Balaban J connectivity index is 0.000000195. The Morgan fingerprint density at radius 3 is 1.08 bits per heavy atom. The molecule has 92 heavy (non-hydrogen) atoms. The molecule has 10 heterocycles. The van der Waals surface area contributed by atoms with Gasteiger partial charge in [-0.2, -0.15) is 0 Å². The number of nitrogens with two attached hydrogens (primary N) is 7. The van der Waals surface area contributed by atoms with E-state index in [-0.39, 0.29) is 47.3 Å². The molecule has 4 spiro atoms. The van der Waals surface area contributed by atoms with Crippen molar-refractivity contribution in [2.75, 3.05) is 131 Å². The summed E-state index contributed by atoms with van der Waals surface area (Å²) < 4.78 is 30.7. The van der Waals surface area contributed by atoms with Crippen LogP contribution in [0.4, 0.5) is 4.39 Å². The van der Waals surface area contributed by atoms with Crippen molar-refractivity contribution in [3.63, 3.8) is 0 Å². The van der Waals surface area contributed by atoms with Gasteiger partial charge in [-0.05, 0) is 290 Å². The first-order chi connectivity index (χ1) is 43.1. The molecule has 11 aliphatic rings. The number of nitrogens with zero attached hydrogens (tertiary/aromatic N) is 7. The number of piperidine rings is 7. The predicted octanol–water partition coefficient (Wildman–Crippen LogP) is 8.84. The van der Waals surface area contributed by atoms with Crippen molar-refractivity contribution in [1.82, 2.24) is 34.3 Å². The second-order valence-electron chi connectivity index (χ2n) is 34.0. The monoisotopic (exact) mass is 1310 g/mol. The van der Waals surface area contributed by atoms with Crippen LogP contribution in [0.1, 0.15) is 233 Å². The number of likely N-dealkylation sites (tertiary alicyclic amines) is 7. The van der Waals surface area contributed by atoms with Crippen molar-refractivity contribution >= 4 is 0 Å². The fourth-order valence-electron chi connectivity index (χ4n) is 16.6. The first kappa shape index (κ1) is 81.9. The molecule has 0 amide bonds. The summed E-state index contributed by atoms with van der Waals surface area (Å²) in [7, 11) is 0. The minimum atomic E-state index is -1.08. The van der Waals surface area contributed by atoms with Gasteiger partial charge in [0.05, 0.1) is 31.5 Å². The van der Waals surface area contributed by atoms with E-state index < -0.39 is 5.67 Å². The maximum absolute atomic E-state index is 13.6. The van der Waals surface area contributed by atoms with Gasteiger partial charge in [0, 0.05) is 135 Å². The Labute approximate surface area is 566 Å². The molecule has 1 aliphatic carbocycles. The van der Waals surface area contributed by atoms with Crippen LogP contribution in [0.5, 0.6) is 0 Å². The number of ether oxygens (including phenoxy) is 3. The van der Waals surface area contributed by atoms with Crippen molar-refractivity contribution < 1.29 is 18.6 Å². The quantitative estimate of drug-likeness (QED) is 0.114. The smallest absolute Gasteiger partial charge is 0.125 e. The van der Waals surface area contributed by atoms with Gasteiger partial charge in [0.2, 0.25) is 0 Å². The molecule has 11 fully saturated rings. The summed E-state index contributed by atoms with van der Waals surface area (Å²) >= 11 is 0. The van der Waals surface area contributed by atoms with Gasteiger partial charge in [0.25, 0.3) is 0 Å². The molecule has 544 valence electrons. The van der Waals surface area contributed by atoms with E-state index in [1.807, 2.05) is 0 Å². The van der Waals surface area contributed by atoms with Crippen LogP contribution in [-0.2, 0) is 14.2 Å². The van der Waals surface area contributed by atoms with E-state index in [4.69, 9.17) is 54.3 Å². The molecule has 10 saturated heterocycles. The summed E-state index contributed by atoms with van der Waals surface area (Å²) in [4.78, 5) is 17.5. The van der Waals surface area contributed by atoms with Crippen molar-refractivity contribution in [2.24, 2.45) is 61.8 Å². The lowest BCUT2D eigenvalue weighted by molar-refractivity contribution is -0.0555. The Morgan fingerprint density at radius 1 is 0.413 bits per heavy atom. The summed E-state index contributed by atoms with van der Waals surface area (Å²) in [5, 5.41) is 0. The Hall–Kier alpha value is -0.750. The first-order valence-electron chi connectivity index (χ1n) is 38.0. The zero-order chi connectivity index (χ0) is 68.5. The highest BCUT2D eigenvalue weighted by atomic mass is 19.1. The van der Waals surface area contributed by atoms with Crippen LogP contribution in [0.2, 0.25) is 0 Å². The molecule has 0 aromatic heterocycles. The molecule has 0 bridgehead atoms. The molecule has 0 radical (unpaired) electrons. The van der Waals surface area contributed by atoms with Crippen LogP contribution in [-0.4, -0.2) is 255 Å². The second kappa shape index (κ2) is 37.1. The Bertz CT molecular complexity index is 1850. The highest BCUT2D eigenvalue weighted by Crippen LogP contribution is 2.46. The predicted molar refractivity (Wildman–Crippen MR) is 387 cm³/mol. The lowest BCUT2D eigenvalue weighted by atomic mass is 9.73. The SMILES string of the molecule is CC(C)N1CCC(C)(CN)CC1.CC(C)N1CCC(C)(N)CC1.CC(C)N1CCC(F)(CN)CC1.CC(C)N1CCC2(CC1)COCC2N.CC(C)N1CCC2(CC1)OCCC2N.CC(C)N1CCC2(CCCC2N)CC1.CC1OCC2(CCN(C(C)C)CC2)C1N. The van der Waals surface area contributed by atoms with Crippen LogP contribution in [0.3, 0.4) is 0 Å². The summed E-state index contributed by atoms with van der Waals surface area (Å²) in [5.74, 6) is 0. The van der Waals surface area contributed by atoms with E-state index in [2.05, 4.69) is 152 Å². The van der Waals surface area contributed by atoms with Crippen LogP contribution in [0, 0.1) is 21.7 Å². The fraction of sp³-hybridized carbons (Fsp3) is 1.00. The number of alkyl halides is 1. The average molecular weight is 1310 g/mol. The van der Waals surface area contributed by atoms with Gasteiger partial charge in [-0.1, -0.05) is 13.3 Å². The Morgan fingerprint density at radius 2 is 0.772 bits per heavy atom. The van der Waals surface area contributed by atoms with E-state index in [1.165, 1.54) is 136 Å². The number of rotatable bonds is 9. The second-order valence-corrected chi connectivity index (χ2v) is 34.0. The number of hydrogen-bond donors (Lipinski definition) is 7. The minimum absolute atomic E-state index is 0.0331. The number of hydrogen-bond acceptors (Lipinski definition) is 17. The zero-order valence-electron chi connectivity index (χ0n) is 63.1. The molecular weight excluding hydrogens is 1150 g/mol. The van der Waals surface area contributed by atoms with Crippen molar-refractivity contribution in [2.45, 2.75) is 323 Å².